The molecule has 0 aromatic heterocycles. The van der Waals surface area contributed by atoms with Crippen LogP contribution in [0.2, 0.25) is 0 Å². The molecule has 1 aromatic rings. The van der Waals surface area contributed by atoms with Crippen LogP contribution in [0.3, 0.4) is 0 Å². The standard InChI is InChI=1S/C27H30N2O3/c1-26-13-11-22-21-10-8-20(29-31)17-19(21)7-9-23(22)24(26)12-14-27(26,15-16-28)32-25(30)18-5-3-2-4-6-18/h2-6,17,23-24,31H,7-15H2,1H3/b29-20-/t23-,24+,26+,27-/m1/s1. The number of carbonyl (C=O) groups is 1. The molecule has 4 atom stereocenters. The van der Waals surface area contributed by atoms with E-state index in [-0.39, 0.29) is 17.8 Å². The fourth-order valence-electron chi connectivity index (χ4n) is 7.15. The number of nitriles is 1. The van der Waals surface area contributed by atoms with E-state index in [1.807, 2.05) is 18.2 Å². The molecule has 4 aliphatic rings. The fourth-order valence-corrected chi connectivity index (χ4v) is 7.15. The van der Waals surface area contributed by atoms with Crippen LogP contribution in [0.4, 0.5) is 0 Å². The third-order valence-electron chi connectivity index (χ3n) is 8.83. The van der Waals surface area contributed by atoms with Crippen LogP contribution < -0.4 is 0 Å². The minimum Gasteiger partial charge on any atom is -0.454 e. The Kier molecular flexibility index (Phi) is 5.20. The SMILES string of the molecule is C[C@]12CCC3=C4CC/C(=N/O)C=C4CC[C@H]3[C@@H]1CC[C@]2(CC#N)OC(=O)c1ccccc1. The summed E-state index contributed by atoms with van der Waals surface area (Å²) in [5.74, 6) is 0.596. The van der Waals surface area contributed by atoms with Gasteiger partial charge >= 0.3 is 5.97 Å². The minimum absolute atomic E-state index is 0.199. The Morgan fingerprint density at radius 1 is 1.19 bits per heavy atom. The van der Waals surface area contributed by atoms with Crippen molar-refractivity contribution in [2.45, 2.75) is 70.3 Å². The van der Waals surface area contributed by atoms with E-state index in [2.05, 4.69) is 24.2 Å². The van der Waals surface area contributed by atoms with Gasteiger partial charge in [-0.05, 0) is 92.6 Å². The topological polar surface area (TPSA) is 82.7 Å². The Hall–Kier alpha value is -2.87. The summed E-state index contributed by atoms with van der Waals surface area (Å²) in [6.45, 7) is 2.27. The molecule has 5 heteroatoms. The van der Waals surface area contributed by atoms with Crippen LogP contribution in [-0.4, -0.2) is 22.5 Å². The van der Waals surface area contributed by atoms with Crippen molar-refractivity contribution in [1.82, 2.24) is 0 Å². The molecule has 0 unspecified atom stereocenters. The molecule has 5 nitrogen and oxygen atoms in total. The molecule has 0 bridgehead atoms. The molecule has 0 heterocycles. The average molecular weight is 431 g/mol. The summed E-state index contributed by atoms with van der Waals surface area (Å²) >= 11 is 0. The van der Waals surface area contributed by atoms with Crippen molar-refractivity contribution in [3.63, 3.8) is 0 Å². The van der Waals surface area contributed by atoms with Crippen molar-refractivity contribution in [3.05, 3.63) is 58.7 Å². The average Bonchev–Trinajstić information content (AvgIpc) is 3.11. The van der Waals surface area contributed by atoms with Gasteiger partial charge in [-0.2, -0.15) is 5.26 Å². The highest BCUT2D eigenvalue weighted by Gasteiger charge is 2.63. The van der Waals surface area contributed by atoms with Crippen molar-refractivity contribution in [3.8, 4) is 6.07 Å². The lowest BCUT2D eigenvalue weighted by Gasteiger charge is -2.52. The summed E-state index contributed by atoms with van der Waals surface area (Å²) < 4.78 is 6.28. The van der Waals surface area contributed by atoms with Crippen molar-refractivity contribution in [2.75, 3.05) is 0 Å². The van der Waals surface area contributed by atoms with Gasteiger partial charge in [-0.1, -0.05) is 35.9 Å². The van der Waals surface area contributed by atoms with E-state index < -0.39 is 5.60 Å². The Balaban J connectivity index is 1.47. The maximum absolute atomic E-state index is 13.0. The number of oxime groups is 1. The molecule has 0 amide bonds. The molecule has 4 aliphatic carbocycles. The number of rotatable bonds is 3. The fraction of sp³-hybridized carbons (Fsp3) is 0.519. The van der Waals surface area contributed by atoms with Crippen molar-refractivity contribution in [1.29, 1.82) is 5.26 Å². The number of hydrogen-bond donors (Lipinski definition) is 1. The van der Waals surface area contributed by atoms with Gasteiger partial charge in [0.25, 0.3) is 0 Å². The molecule has 1 N–H and O–H groups in total. The lowest BCUT2D eigenvalue weighted by molar-refractivity contribution is -0.0994. The van der Waals surface area contributed by atoms with Gasteiger partial charge in [0, 0.05) is 5.41 Å². The van der Waals surface area contributed by atoms with Gasteiger partial charge in [-0.25, -0.2) is 4.79 Å². The number of nitrogens with zero attached hydrogens (tertiary/aromatic N) is 2. The maximum atomic E-state index is 13.0. The smallest absolute Gasteiger partial charge is 0.338 e. The first kappa shape index (κ1) is 21.0. The second kappa shape index (κ2) is 7.92. The zero-order chi connectivity index (χ0) is 22.3. The molecule has 2 fully saturated rings. The predicted octanol–water partition coefficient (Wildman–Crippen LogP) is 5.96. The molecule has 32 heavy (non-hydrogen) atoms. The number of ether oxygens (including phenoxy) is 1. The van der Waals surface area contributed by atoms with Gasteiger partial charge in [0.15, 0.2) is 0 Å². The van der Waals surface area contributed by atoms with Gasteiger partial charge in [0.1, 0.15) is 5.60 Å². The molecule has 2 saturated carbocycles. The molecule has 0 saturated heterocycles. The van der Waals surface area contributed by atoms with Crippen molar-refractivity contribution in [2.24, 2.45) is 22.4 Å². The summed E-state index contributed by atoms with van der Waals surface area (Å²) in [5.41, 5.74) is 4.80. The zero-order valence-corrected chi connectivity index (χ0v) is 18.6. The summed E-state index contributed by atoms with van der Waals surface area (Å²) in [4.78, 5) is 13.0. The number of carbonyl (C=O) groups excluding carboxylic acids is 1. The van der Waals surface area contributed by atoms with E-state index in [9.17, 15) is 15.3 Å². The highest BCUT2D eigenvalue weighted by Crippen LogP contribution is 2.65. The van der Waals surface area contributed by atoms with E-state index in [4.69, 9.17) is 4.74 Å². The maximum Gasteiger partial charge on any atom is 0.338 e. The molecular formula is C27H30N2O3. The van der Waals surface area contributed by atoms with E-state index in [1.165, 1.54) is 11.1 Å². The van der Waals surface area contributed by atoms with E-state index >= 15 is 0 Å². The first-order valence-electron chi connectivity index (χ1n) is 11.8. The summed E-state index contributed by atoms with van der Waals surface area (Å²) in [6, 6.07) is 11.5. The van der Waals surface area contributed by atoms with Crippen LogP contribution in [0.1, 0.15) is 75.1 Å². The highest BCUT2D eigenvalue weighted by molar-refractivity contribution is 5.97. The molecule has 0 aliphatic heterocycles. The van der Waals surface area contributed by atoms with Crippen LogP contribution in [0.15, 0.2) is 58.3 Å². The molecular weight excluding hydrogens is 400 g/mol. The molecule has 0 spiro atoms. The number of esters is 1. The van der Waals surface area contributed by atoms with Gasteiger partial charge in [-0.15, -0.1) is 0 Å². The van der Waals surface area contributed by atoms with E-state index in [0.717, 1.165) is 57.1 Å². The van der Waals surface area contributed by atoms with Crippen LogP contribution in [0, 0.1) is 28.6 Å². The molecule has 166 valence electrons. The lowest BCUT2D eigenvalue weighted by Crippen LogP contribution is -2.52. The van der Waals surface area contributed by atoms with Gasteiger partial charge < -0.3 is 9.94 Å². The monoisotopic (exact) mass is 430 g/mol. The molecule has 5 rings (SSSR count). The quantitative estimate of drug-likeness (QED) is 0.364. The molecule has 0 radical (unpaired) electrons. The Labute approximate surface area is 189 Å². The van der Waals surface area contributed by atoms with Crippen molar-refractivity contribution >= 4 is 11.7 Å². The predicted molar refractivity (Wildman–Crippen MR) is 121 cm³/mol. The first-order chi connectivity index (χ1) is 15.5. The normalized spacial score (nSPS) is 34.8. The van der Waals surface area contributed by atoms with Crippen LogP contribution in [0.25, 0.3) is 0 Å². The van der Waals surface area contributed by atoms with Gasteiger partial charge in [0.05, 0.1) is 23.8 Å². The number of benzene rings is 1. The number of fused-ring (bicyclic) bond motifs is 4. The zero-order valence-electron chi connectivity index (χ0n) is 18.6. The third kappa shape index (κ3) is 3.11. The Bertz CT molecular complexity index is 1060. The number of hydrogen-bond acceptors (Lipinski definition) is 5. The molecule has 1 aromatic carbocycles. The summed E-state index contributed by atoms with van der Waals surface area (Å²) in [5, 5.41) is 22.4. The highest BCUT2D eigenvalue weighted by atomic mass is 16.6. The largest absolute Gasteiger partial charge is 0.454 e. The number of allylic oxidation sites excluding steroid dienone is 4. The Morgan fingerprint density at radius 3 is 2.75 bits per heavy atom. The summed E-state index contributed by atoms with van der Waals surface area (Å²) in [6.07, 6.45) is 9.83. The lowest BCUT2D eigenvalue weighted by atomic mass is 9.54. The van der Waals surface area contributed by atoms with Crippen LogP contribution in [0.5, 0.6) is 0 Å². The Morgan fingerprint density at radius 2 is 2.00 bits per heavy atom. The third-order valence-corrected chi connectivity index (χ3v) is 8.83. The van der Waals surface area contributed by atoms with Crippen LogP contribution in [-0.2, 0) is 4.74 Å². The van der Waals surface area contributed by atoms with E-state index in [1.54, 1.807) is 17.7 Å². The van der Waals surface area contributed by atoms with Gasteiger partial charge in [0.2, 0.25) is 0 Å². The first-order valence-corrected chi connectivity index (χ1v) is 11.8. The summed E-state index contributed by atoms with van der Waals surface area (Å²) in [7, 11) is 0. The minimum atomic E-state index is -0.727. The van der Waals surface area contributed by atoms with E-state index in [0.29, 0.717) is 17.4 Å². The second-order valence-corrected chi connectivity index (χ2v) is 10.1. The van der Waals surface area contributed by atoms with Crippen LogP contribution >= 0.6 is 0 Å². The second-order valence-electron chi connectivity index (χ2n) is 10.1. The van der Waals surface area contributed by atoms with Gasteiger partial charge in [-0.3, -0.25) is 0 Å². The van der Waals surface area contributed by atoms with Crippen molar-refractivity contribution < 1.29 is 14.7 Å².